The minimum absolute atomic E-state index is 0.0729. The molecule has 2 fully saturated rings. The summed E-state index contributed by atoms with van der Waals surface area (Å²) in [5.74, 6) is -2.20. The number of aliphatic hydroxyl groups is 7. The molecule has 9 atom stereocenters. The summed E-state index contributed by atoms with van der Waals surface area (Å²) in [4.78, 5) is 0. The van der Waals surface area contributed by atoms with Gasteiger partial charge >= 0.3 is 0 Å². The molecule has 0 aliphatic carbocycles. The number of ether oxygens (including phenoxy) is 4. The van der Waals surface area contributed by atoms with Gasteiger partial charge in [-0.3, -0.25) is 0 Å². The molecule has 0 aromatic carbocycles. The van der Waals surface area contributed by atoms with Crippen LogP contribution in [0.3, 0.4) is 0 Å². The summed E-state index contributed by atoms with van der Waals surface area (Å²) in [5.41, 5.74) is 0. The van der Waals surface area contributed by atoms with Crippen molar-refractivity contribution < 1.29 is 54.7 Å². The van der Waals surface area contributed by atoms with E-state index in [1.807, 2.05) is 0 Å². The van der Waals surface area contributed by atoms with Crippen LogP contribution in [0.4, 0.5) is 0 Å². The first-order chi connectivity index (χ1) is 11.8. The zero-order valence-corrected chi connectivity index (χ0v) is 13.4. The lowest BCUT2D eigenvalue weighted by atomic mass is 9.99. The van der Waals surface area contributed by atoms with Gasteiger partial charge in [0.25, 0.3) is 0 Å². The van der Waals surface area contributed by atoms with E-state index in [0.29, 0.717) is 0 Å². The van der Waals surface area contributed by atoms with Crippen LogP contribution < -0.4 is 0 Å². The van der Waals surface area contributed by atoms with Crippen LogP contribution in [0.2, 0.25) is 0 Å². The lowest BCUT2D eigenvalue weighted by Gasteiger charge is -2.43. The molecular formula is C14H25O11. The Bertz CT molecular complexity index is 424. The Morgan fingerprint density at radius 2 is 1.60 bits per heavy atom. The van der Waals surface area contributed by atoms with Crippen LogP contribution >= 0.6 is 0 Å². The Balaban J connectivity index is 2.15. The summed E-state index contributed by atoms with van der Waals surface area (Å²) in [5, 5.41) is 68.6. The van der Waals surface area contributed by atoms with Gasteiger partial charge in [0.05, 0.1) is 13.2 Å². The lowest BCUT2D eigenvalue weighted by molar-refractivity contribution is -0.384. The summed E-state index contributed by atoms with van der Waals surface area (Å²) >= 11 is 0. The van der Waals surface area contributed by atoms with Gasteiger partial charge in [0.15, 0.2) is 6.29 Å². The summed E-state index contributed by atoms with van der Waals surface area (Å²) in [6.07, 6.45) is -12.1. The van der Waals surface area contributed by atoms with Crippen LogP contribution in [0.25, 0.3) is 0 Å². The molecule has 2 heterocycles. The van der Waals surface area contributed by atoms with Gasteiger partial charge in [0.1, 0.15) is 49.3 Å². The number of rotatable bonds is 7. The molecule has 0 amide bonds. The predicted molar refractivity (Wildman–Crippen MR) is 77.7 cm³/mol. The summed E-state index contributed by atoms with van der Waals surface area (Å²) in [6, 6.07) is 0. The Labute approximate surface area is 143 Å². The van der Waals surface area contributed by atoms with Gasteiger partial charge in [-0.25, -0.2) is 0 Å². The molecule has 1 radical (unpaired) electrons. The summed E-state index contributed by atoms with van der Waals surface area (Å²) in [7, 11) is 0. The largest absolute Gasteiger partial charge is 0.394 e. The Kier molecular flexibility index (Phi) is 7.09. The molecule has 147 valence electrons. The average molecular weight is 369 g/mol. The first-order valence-corrected chi connectivity index (χ1v) is 7.81. The van der Waals surface area contributed by atoms with E-state index in [9.17, 15) is 30.6 Å². The van der Waals surface area contributed by atoms with Crippen molar-refractivity contribution in [1.29, 1.82) is 0 Å². The minimum atomic E-state index is -2.20. The molecule has 11 heteroatoms. The maximum Gasteiger partial charge on any atom is 0.224 e. The van der Waals surface area contributed by atoms with Crippen LogP contribution in [0.5, 0.6) is 0 Å². The Morgan fingerprint density at radius 3 is 2.12 bits per heavy atom. The molecule has 25 heavy (non-hydrogen) atoms. The van der Waals surface area contributed by atoms with Gasteiger partial charge < -0.3 is 54.7 Å². The highest BCUT2D eigenvalue weighted by Gasteiger charge is 2.58. The van der Waals surface area contributed by atoms with E-state index in [4.69, 9.17) is 24.1 Å². The molecule has 2 aliphatic rings. The monoisotopic (exact) mass is 369 g/mol. The molecule has 11 nitrogen and oxygen atoms in total. The Hall–Kier alpha value is -0.440. The van der Waals surface area contributed by atoms with E-state index in [2.05, 4.69) is 6.92 Å². The van der Waals surface area contributed by atoms with Gasteiger partial charge in [-0.15, -0.1) is 0 Å². The third-order valence-corrected chi connectivity index (χ3v) is 4.32. The van der Waals surface area contributed by atoms with Crippen LogP contribution in [0, 0.1) is 6.92 Å². The third kappa shape index (κ3) is 3.96. The van der Waals surface area contributed by atoms with E-state index in [1.165, 1.54) is 0 Å². The van der Waals surface area contributed by atoms with Crippen molar-refractivity contribution in [3.63, 3.8) is 0 Å². The van der Waals surface area contributed by atoms with Crippen molar-refractivity contribution in [3.05, 3.63) is 6.92 Å². The van der Waals surface area contributed by atoms with Gasteiger partial charge in [-0.2, -0.15) is 0 Å². The molecule has 0 unspecified atom stereocenters. The normalized spacial score (nSPS) is 48.0. The second kappa shape index (κ2) is 8.50. The molecule has 2 saturated heterocycles. The van der Waals surface area contributed by atoms with E-state index in [-0.39, 0.29) is 13.2 Å². The molecule has 0 bridgehead atoms. The maximum absolute atomic E-state index is 10.1. The average Bonchev–Trinajstić information content (AvgIpc) is 2.86. The quantitative estimate of drug-likeness (QED) is 0.230. The lowest BCUT2D eigenvalue weighted by Crippen LogP contribution is -2.62. The highest BCUT2D eigenvalue weighted by molar-refractivity contribution is 4.98. The molecular weight excluding hydrogens is 344 g/mol. The minimum Gasteiger partial charge on any atom is -0.394 e. The van der Waals surface area contributed by atoms with Crippen molar-refractivity contribution in [3.8, 4) is 0 Å². The predicted octanol–water partition coefficient (Wildman–Crippen LogP) is -4.54. The van der Waals surface area contributed by atoms with E-state index >= 15 is 0 Å². The highest BCUT2D eigenvalue weighted by Crippen LogP contribution is 2.35. The third-order valence-electron chi connectivity index (χ3n) is 4.32. The SMILES string of the molecule is [CH2]COC[C@H]1O[C@H](O[C@]2(CO)O[C@H](CO)[C@@H](O)[C@@H]2O)[C@H](O)[C@@H](O)[C@@H]1O. The maximum atomic E-state index is 10.1. The first kappa shape index (κ1) is 20.9. The van der Waals surface area contributed by atoms with Crippen LogP contribution in [-0.4, -0.2) is 117 Å². The van der Waals surface area contributed by atoms with Gasteiger partial charge in [-0.1, -0.05) is 0 Å². The van der Waals surface area contributed by atoms with E-state index in [1.54, 1.807) is 0 Å². The standard InChI is InChI=1S/C14H25O11/c1-2-22-4-7-8(17)10(19)11(20)13(23-7)25-14(5-16)12(21)9(18)6(3-15)24-14/h6-13,15-21H,1-5H2/t6-,7-,8-,9-,10+,11-,12+,13-,14+/m1/s1. The van der Waals surface area contributed by atoms with E-state index < -0.39 is 68.0 Å². The number of aliphatic hydroxyl groups excluding tert-OH is 7. The molecule has 2 aliphatic heterocycles. The second-order valence-electron chi connectivity index (χ2n) is 5.95. The zero-order valence-electron chi connectivity index (χ0n) is 13.4. The second-order valence-corrected chi connectivity index (χ2v) is 5.95. The molecule has 0 saturated carbocycles. The summed E-state index contributed by atoms with van der Waals surface area (Å²) < 4.78 is 20.9. The van der Waals surface area contributed by atoms with Crippen molar-refractivity contribution >= 4 is 0 Å². The fourth-order valence-corrected chi connectivity index (χ4v) is 2.82. The molecule has 7 N–H and O–H groups in total. The van der Waals surface area contributed by atoms with Crippen LogP contribution in [0.15, 0.2) is 0 Å². The fraction of sp³-hybridized carbons (Fsp3) is 0.929. The molecule has 0 aromatic rings. The number of hydrogen-bond acceptors (Lipinski definition) is 11. The van der Waals surface area contributed by atoms with Crippen molar-refractivity contribution in [2.75, 3.05) is 26.4 Å². The van der Waals surface area contributed by atoms with Crippen molar-refractivity contribution in [2.45, 2.75) is 54.8 Å². The van der Waals surface area contributed by atoms with E-state index in [0.717, 1.165) is 0 Å². The van der Waals surface area contributed by atoms with Crippen molar-refractivity contribution in [1.82, 2.24) is 0 Å². The first-order valence-electron chi connectivity index (χ1n) is 7.81. The highest BCUT2D eigenvalue weighted by atomic mass is 16.8. The fourth-order valence-electron chi connectivity index (χ4n) is 2.82. The Morgan fingerprint density at radius 1 is 0.920 bits per heavy atom. The topological polar surface area (TPSA) is 179 Å². The molecule has 2 rings (SSSR count). The van der Waals surface area contributed by atoms with Gasteiger partial charge in [0, 0.05) is 6.61 Å². The zero-order chi connectivity index (χ0) is 18.8. The van der Waals surface area contributed by atoms with Crippen LogP contribution in [-0.2, 0) is 18.9 Å². The van der Waals surface area contributed by atoms with Crippen molar-refractivity contribution in [2.24, 2.45) is 0 Å². The van der Waals surface area contributed by atoms with Gasteiger partial charge in [0.2, 0.25) is 5.79 Å². The smallest absolute Gasteiger partial charge is 0.224 e. The number of hydrogen-bond donors (Lipinski definition) is 7. The molecule has 0 aromatic heterocycles. The van der Waals surface area contributed by atoms with Crippen LogP contribution in [0.1, 0.15) is 0 Å². The molecule has 0 spiro atoms. The summed E-state index contributed by atoms with van der Waals surface area (Å²) in [6.45, 7) is 1.77. The van der Waals surface area contributed by atoms with Gasteiger partial charge in [-0.05, 0) is 6.92 Å².